The number of amides is 1. The number of fused-ring (bicyclic) bond motifs is 1. The van der Waals surface area contributed by atoms with Gasteiger partial charge in [-0.15, -0.1) is 11.3 Å². The first-order valence-electron chi connectivity index (χ1n) is 12.4. The van der Waals surface area contributed by atoms with Gasteiger partial charge in [0.1, 0.15) is 18.4 Å². The van der Waals surface area contributed by atoms with Gasteiger partial charge in [0.15, 0.2) is 0 Å². The van der Waals surface area contributed by atoms with Gasteiger partial charge in [-0.3, -0.25) is 4.79 Å². The molecule has 1 heterocycles. The lowest BCUT2D eigenvalue weighted by molar-refractivity contribution is -0.139. The fourth-order valence-electron chi connectivity index (χ4n) is 4.03. The van der Waals surface area contributed by atoms with Gasteiger partial charge >= 0.3 is 5.97 Å². The van der Waals surface area contributed by atoms with E-state index in [-0.39, 0.29) is 6.42 Å². The number of rotatable bonds is 8. The average molecular weight is 532 g/mol. The number of carboxylic acid groups (broad SMARTS) is 1. The quantitative estimate of drug-likeness (QED) is 0.230. The molecule has 0 saturated carbocycles. The molecule has 0 bridgehead atoms. The van der Waals surface area contributed by atoms with Crippen LogP contribution in [0.2, 0.25) is 0 Å². The summed E-state index contributed by atoms with van der Waals surface area (Å²) in [6, 6.07) is 33.3. The molecule has 0 aliphatic heterocycles. The third kappa shape index (κ3) is 6.92. The summed E-state index contributed by atoms with van der Waals surface area (Å²) in [6.45, 7) is 0.449. The van der Waals surface area contributed by atoms with Crippen LogP contribution in [0.4, 0.5) is 0 Å². The van der Waals surface area contributed by atoms with Crippen LogP contribution in [0, 0.1) is 11.8 Å². The number of nitrogens with one attached hydrogen (secondary N) is 1. The molecule has 0 fully saturated rings. The highest BCUT2D eigenvalue weighted by Gasteiger charge is 2.22. The van der Waals surface area contributed by atoms with Gasteiger partial charge in [-0.2, -0.15) is 0 Å². The summed E-state index contributed by atoms with van der Waals surface area (Å²) in [4.78, 5) is 25.4. The lowest BCUT2D eigenvalue weighted by Gasteiger charge is -2.14. The minimum Gasteiger partial charge on any atom is -0.489 e. The smallest absolute Gasteiger partial charge is 0.326 e. The third-order valence-corrected chi connectivity index (χ3v) is 7.19. The van der Waals surface area contributed by atoms with Crippen molar-refractivity contribution in [2.24, 2.45) is 0 Å². The second-order valence-corrected chi connectivity index (χ2v) is 10.0. The average Bonchev–Trinajstić information content (AvgIpc) is 3.40. The van der Waals surface area contributed by atoms with E-state index in [0.29, 0.717) is 17.2 Å². The summed E-state index contributed by atoms with van der Waals surface area (Å²) in [7, 11) is 0. The number of carboxylic acids is 1. The Morgan fingerprint density at radius 2 is 1.49 bits per heavy atom. The molecule has 6 heteroatoms. The van der Waals surface area contributed by atoms with E-state index in [9.17, 15) is 14.7 Å². The van der Waals surface area contributed by atoms with Crippen LogP contribution in [0.5, 0.6) is 5.75 Å². The summed E-state index contributed by atoms with van der Waals surface area (Å²) in [5.41, 5.74) is 3.62. The fraction of sp³-hybridized carbons (Fsp3) is 0.0909. The lowest BCUT2D eigenvalue weighted by atomic mass is 10.1. The Morgan fingerprint density at radius 3 is 2.21 bits per heavy atom. The summed E-state index contributed by atoms with van der Waals surface area (Å²) < 4.78 is 6.74. The van der Waals surface area contributed by atoms with Gasteiger partial charge in [0.05, 0.1) is 4.88 Å². The topological polar surface area (TPSA) is 75.6 Å². The second kappa shape index (κ2) is 12.1. The van der Waals surface area contributed by atoms with Gasteiger partial charge in [-0.25, -0.2) is 4.79 Å². The van der Waals surface area contributed by atoms with Crippen LogP contribution in [-0.2, 0) is 17.8 Å². The van der Waals surface area contributed by atoms with Crippen molar-refractivity contribution in [1.29, 1.82) is 0 Å². The number of thiophene rings is 1. The number of hydrogen-bond acceptors (Lipinski definition) is 4. The first-order valence-corrected chi connectivity index (χ1v) is 13.3. The van der Waals surface area contributed by atoms with Crippen molar-refractivity contribution in [3.63, 3.8) is 0 Å². The van der Waals surface area contributed by atoms with Gasteiger partial charge in [0, 0.05) is 22.2 Å². The summed E-state index contributed by atoms with van der Waals surface area (Å²) in [6.07, 6.45) is 0.157. The Bertz CT molecular complexity index is 1650. The molecule has 0 saturated heterocycles. The van der Waals surface area contributed by atoms with Crippen molar-refractivity contribution < 1.29 is 19.4 Å². The summed E-state index contributed by atoms with van der Waals surface area (Å²) in [5.74, 6) is 5.48. The number of benzene rings is 4. The minimum absolute atomic E-state index is 0.157. The van der Waals surface area contributed by atoms with Crippen molar-refractivity contribution in [3.8, 4) is 17.6 Å². The number of aliphatic carboxylic acids is 1. The Labute approximate surface area is 230 Å². The fourth-order valence-corrected chi connectivity index (χ4v) is 4.97. The third-order valence-electron chi connectivity index (χ3n) is 6.08. The zero-order valence-corrected chi connectivity index (χ0v) is 21.8. The van der Waals surface area contributed by atoms with Gasteiger partial charge in [0.2, 0.25) is 0 Å². The van der Waals surface area contributed by atoms with Crippen LogP contribution in [-0.4, -0.2) is 23.0 Å². The maximum Gasteiger partial charge on any atom is 0.326 e. The maximum atomic E-state index is 13.0. The van der Waals surface area contributed by atoms with E-state index in [1.807, 2.05) is 103 Å². The Morgan fingerprint density at radius 1 is 0.795 bits per heavy atom. The molecule has 1 aromatic heterocycles. The number of ether oxygens (including phenoxy) is 1. The Kier molecular flexibility index (Phi) is 8.01. The molecular weight excluding hydrogens is 506 g/mol. The molecule has 0 aliphatic rings. The molecule has 39 heavy (non-hydrogen) atoms. The molecule has 1 amide bonds. The molecule has 1 atom stereocenters. The molecule has 4 aromatic carbocycles. The monoisotopic (exact) mass is 531 g/mol. The van der Waals surface area contributed by atoms with Gasteiger partial charge in [-0.05, 0) is 65.0 Å². The standard InChI is InChI=1S/C33H25NO4S/c35-32(31-21-27-19-24(15-18-30(27)39-31)12-11-23-7-3-1-4-8-23)34-29(33(36)37)20-25-13-16-28(17-14-25)38-22-26-9-5-2-6-10-26/h1-10,13-19,21,29H,20,22H2,(H,34,35)(H,36,37)/t29-/m0/s1. The minimum atomic E-state index is -1.09. The van der Waals surface area contributed by atoms with Gasteiger partial charge in [0.25, 0.3) is 5.91 Å². The molecular formula is C33H25NO4S. The molecule has 2 N–H and O–H groups in total. The molecule has 5 nitrogen and oxygen atoms in total. The predicted molar refractivity (Wildman–Crippen MR) is 154 cm³/mol. The first-order chi connectivity index (χ1) is 19.0. The van der Waals surface area contributed by atoms with Gasteiger partial charge < -0.3 is 15.2 Å². The van der Waals surface area contributed by atoms with E-state index in [1.165, 1.54) is 11.3 Å². The zero-order chi connectivity index (χ0) is 27.0. The van der Waals surface area contributed by atoms with E-state index < -0.39 is 17.9 Å². The van der Waals surface area contributed by atoms with E-state index in [0.717, 1.165) is 32.3 Å². The SMILES string of the molecule is O=C(N[C@@H](Cc1ccc(OCc2ccccc2)cc1)C(=O)O)c1cc2cc(C#Cc3ccccc3)ccc2s1. The largest absolute Gasteiger partial charge is 0.489 e. The van der Waals surface area contributed by atoms with Crippen molar-refractivity contribution in [2.75, 3.05) is 0 Å². The van der Waals surface area contributed by atoms with E-state index in [2.05, 4.69) is 17.2 Å². The van der Waals surface area contributed by atoms with Crippen LogP contribution in [0.3, 0.4) is 0 Å². The van der Waals surface area contributed by atoms with Crippen LogP contribution in [0.25, 0.3) is 10.1 Å². The first kappa shape index (κ1) is 25.8. The Hall–Kier alpha value is -4.86. The highest BCUT2D eigenvalue weighted by atomic mass is 32.1. The summed E-state index contributed by atoms with van der Waals surface area (Å²) in [5, 5.41) is 13.3. The highest BCUT2D eigenvalue weighted by Crippen LogP contribution is 2.27. The van der Waals surface area contributed by atoms with Crippen molar-refractivity contribution in [1.82, 2.24) is 5.32 Å². The molecule has 0 unspecified atom stereocenters. The molecule has 5 aromatic rings. The molecule has 0 radical (unpaired) electrons. The van der Waals surface area contributed by atoms with Crippen LogP contribution in [0.1, 0.15) is 31.9 Å². The normalized spacial score (nSPS) is 11.3. The molecule has 0 spiro atoms. The maximum absolute atomic E-state index is 13.0. The highest BCUT2D eigenvalue weighted by molar-refractivity contribution is 7.20. The van der Waals surface area contributed by atoms with Crippen molar-refractivity contribution >= 4 is 33.3 Å². The number of carbonyl (C=O) groups excluding carboxylic acids is 1. The second-order valence-electron chi connectivity index (χ2n) is 8.97. The van der Waals surface area contributed by atoms with Crippen molar-refractivity contribution in [3.05, 3.63) is 136 Å². The van der Waals surface area contributed by atoms with Crippen LogP contribution in [0.15, 0.2) is 109 Å². The van der Waals surface area contributed by atoms with Crippen LogP contribution >= 0.6 is 11.3 Å². The van der Waals surface area contributed by atoms with E-state index in [1.54, 1.807) is 6.07 Å². The number of carbonyl (C=O) groups is 2. The molecule has 5 rings (SSSR count). The molecule has 192 valence electrons. The van der Waals surface area contributed by atoms with E-state index in [4.69, 9.17) is 4.74 Å². The molecule has 0 aliphatic carbocycles. The predicted octanol–water partition coefficient (Wildman–Crippen LogP) is 6.31. The lowest BCUT2D eigenvalue weighted by Crippen LogP contribution is -2.42. The van der Waals surface area contributed by atoms with E-state index >= 15 is 0 Å². The zero-order valence-electron chi connectivity index (χ0n) is 21.0. The number of hydrogen-bond donors (Lipinski definition) is 2. The Balaban J connectivity index is 1.22. The van der Waals surface area contributed by atoms with Crippen LogP contribution < -0.4 is 10.1 Å². The van der Waals surface area contributed by atoms with Gasteiger partial charge in [-0.1, -0.05) is 72.5 Å². The van der Waals surface area contributed by atoms with Crippen molar-refractivity contribution in [2.45, 2.75) is 19.1 Å². The summed E-state index contributed by atoms with van der Waals surface area (Å²) >= 11 is 1.32.